The van der Waals surface area contributed by atoms with Crippen molar-refractivity contribution in [2.45, 2.75) is 36.1 Å². The van der Waals surface area contributed by atoms with Crippen LogP contribution in [0.25, 0.3) is 0 Å². The molecule has 0 radical (unpaired) electrons. The summed E-state index contributed by atoms with van der Waals surface area (Å²) in [6.07, 6.45) is -9.10. The second-order valence-corrected chi connectivity index (χ2v) is 10.3. The zero-order chi connectivity index (χ0) is 26.3. The Balaban J connectivity index is 1.70. The molecule has 0 spiro atoms. The fourth-order valence-electron chi connectivity index (χ4n) is 4.33. The SMILES string of the molecule is CN1CCc2ccccc2[C@@H]1Cc1ccccc1NS(=O)(=O)c1cc(C(F)(F)F)cc(C(F)(F)F)c1. The van der Waals surface area contributed by atoms with Crippen molar-refractivity contribution in [3.8, 4) is 0 Å². The van der Waals surface area contributed by atoms with Crippen molar-refractivity contribution < 1.29 is 34.8 Å². The number of hydrogen-bond acceptors (Lipinski definition) is 3. The Bertz CT molecular complexity index is 1340. The van der Waals surface area contributed by atoms with Gasteiger partial charge in [0.2, 0.25) is 0 Å². The van der Waals surface area contributed by atoms with Gasteiger partial charge in [0.25, 0.3) is 10.0 Å². The van der Waals surface area contributed by atoms with E-state index in [0.717, 1.165) is 18.5 Å². The number of halogens is 6. The molecule has 0 unspecified atom stereocenters. The maximum absolute atomic E-state index is 13.2. The molecular formula is C25H22F6N2O2S. The molecule has 1 atom stereocenters. The van der Waals surface area contributed by atoms with Crippen LogP contribution in [-0.2, 0) is 35.2 Å². The number of benzene rings is 3. The van der Waals surface area contributed by atoms with Crippen LogP contribution in [0, 0.1) is 0 Å². The number of alkyl halides is 6. The molecule has 4 nitrogen and oxygen atoms in total. The van der Waals surface area contributed by atoms with Crippen LogP contribution in [0.3, 0.4) is 0 Å². The Kier molecular flexibility index (Phi) is 6.82. The van der Waals surface area contributed by atoms with E-state index in [0.29, 0.717) is 12.0 Å². The highest BCUT2D eigenvalue weighted by molar-refractivity contribution is 7.92. The van der Waals surface area contributed by atoms with E-state index in [1.807, 2.05) is 31.3 Å². The van der Waals surface area contributed by atoms with Gasteiger partial charge in [-0.25, -0.2) is 8.42 Å². The van der Waals surface area contributed by atoms with Crippen LogP contribution in [0.4, 0.5) is 32.0 Å². The van der Waals surface area contributed by atoms with E-state index in [4.69, 9.17) is 0 Å². The largest absolute Gasteiger partial charge is 0.416 e. The molecule has 1 heterocycles. The predicted octanol–water partition coefficient (Wildman–Crippen LogP) is 6.30. The van der Waals surface area contributed by atoms with Crippen molar-refractivity contribution in [2.75, 3.05) is 18.3 Å². The van der Waals surface area contributed by atoms with Gasteiger partial charge in [-0.05, 0) is 60.8 Å². The number of rotatable bonds is 5. The maximum atomic E-state index is 13.2. The second kappa shape index (κ2) is 9.44. The predicted molar refractivity (Wildman–Crippen MR) is 123 cm³/mol. The minimum atomic E-state index is -5.16. The van der Waals surface area contributed by atoms with E-state index in [1.54, 1.807) is 12.1 Å². The molecule has 1 aliphatic rings. The molecular weight excluding hydrogens is 506 g/mol. The van der Waals surface area contributed by atoms with Crippen molar-refractivity contribution in [1.82, 2.24) is 4.90 Å². The fourth-order valence-corrected chi connectivity index (χ4v) is 5.50. The van der Waals surface area contributed by atoms with Gasteiger partial charge in [-0.2, -0.15) is 26.3 Å². The summed E-state index contributed by atoms with van der Waals surface area (Å²) in [5.74, 6) is 0. The minimum absolute atomic E-state index is 0.0833. The first-order chi connectivity index (χ1) is 16.8. The molecule has 11 heteroatoms. The normalized spacial score (nSPS) is 17.0. The molecule has 0 saturated heterocycles. The first-order valence-corrected chi connectivity index (χ1v) is 12.4. The van der Waals surface area contributed by atoms with Crippen LogP contribution in [0.1, 0.15) is 33.9 Å². The van der Waals surface area contributed by atoms with Crippen LogP contribution >= 0.6 is 0 Å². The number of para-hydroxylation sites is 1. The lowest BCUT2D eigenvalue weighted by Gasteiger charge is -2.35. The maximum Gasteiger partial charge on any atom is 0.416 e. The standard InChI is InChI=1S/C25H22F6N2O2S/c1-33-11-10-16-6-2-4-8-21(16)23(33)12-17-7-3-5-9-22(17)32-36(34,35)20-14-18(24(26,27)28)13-19(15-20)25(29,30)31/h2-9,13-15,23,32H,10-12H2,1H3/t23-/m0/s1. The van der Waals surface area contributed by atoms with Crippen LogP contribution in [0.15, 0.2) is 71.6 Å². The number of nitrogens with zero attached hydrogens (tertiary/aromatic N) is 1. The minimum Gasteiger partial charge on any atom is -0.299 e. The number of sulfonamides is 1. The van der Waals surface area contributed by atoms with Gasteiger partial charge in [0.1, 0.15) is 0 Å². The molecule has 3 aromatic rings. The molecule has 4 rings (SSSR count). The van der Waals surface area contributed by atoms with Crippen LogP contribution in [-0.4, -0.2) is 26.9 Å². The van der Waals surface area contributed by atoms with E-state index < -0.39 is 38.4 Å². The van der Waals surface area contributed by atoms with Crippen LogP contribution in [0.2, 0.25) is 0 Å². The molecule has 1 aliphatic heterocycles. The van der Waals surface area contributed by atoms with Crippen LogP contribution in [0.5, 0.6) is 0 Å². The number of fused-ring (bicyclic) bond motifs is 1. The van der Waals surface area contributed by atoms with Gasteiger partial charge in [0.05, 0.1) is 21.7 Å². The van der Waals surface area contributed by atoms with E-state index in [9.17, 15) is 34.8 Å². The molecule has 192 valence electrons. The van der Waals surface area contributed by atoms with E-state index in [1.165, 1.54) is 17.7 Å². The van der Waals surface area contributed by atoms with Crippen molar-refractivity contribution in [1.29, 1.82) is 0 Å². The lowest BCUT2D eigenvalue weighted by atomic mass is 9.89. The first kappa shape index (κ1) is 26.0. The molecule has 3 aromatic carbocycles. The molecule has 0 bridgehead atoms. The third kappa shape index (κ3) is 5.52. The third-order valence-electron chi connectivity index (χ3n) is 6.23. The van der Waals surface area contributed by atoms with Gasteiger partial charge in [0, 0.05) is 12.6 Å². The van der Waals surface area contributed by atoms with Gasteiger partial charge in [-0.3, -0.25) is 9.62 Å². The van der Waals surface area contributed by atoms with E-state index >= 15 is 0 Å². The van der Waals surface area contributed by atoms with Gasteiger partial charge in [-0.1, -0.05) is 42.5 Å². The summed E-state index contributed by atoms with van der Waals surface area (Å²) in [4.78, 5) is 0.996. The van der Waals surface area contributed by atoms with Gasteiger partial charge in [-0.15, -0.1) is 0 Å². The Morgan fingerprint density at radius 1 is 0.889 bits per heavy atom. The molecule has 0 amide bonds. The molecule has 1 N–H and O–H groups in total. The lowest BCUT2D eigenvalue weighted by molar-refractivity contribution is -0.143. The molecule has 0 aliphatic carbocycles. The Morgan fingerprint density at radius 3 is 2.11 bits per heavy atom. The summed E-state index contributed by atoms with van der Waals surface area (Å²) < 4.78 is 108. The topological polar surface area (TPSA) is 49.4 Å². The quantitative estimate of drug-likeness (QED) is 0.396. The highest BCUT2D eigenvalue weighted by atomic mass is 32.2. The fraction of sp³-hybridized carbons (Fsp3) is 0.280. The number of likely N-dealkylation sites (N-methyl/N-ethyl adjacent to an activating group) is 1. The zero-order valence-electron chi connectivity index (χ0n) is 19.0. The first-order valence-electron chi connectivity index (χ1n) is 10.9. The molecule has 0 fully saturated rings. The molecule has 0 aromatic heterocycles. The Morgan fingerprint density at radius 2 is 1.47 bits per heavy atom. The summed E-state index contributed by atoms with van der Waals surface area (Å²) in [5, 5.41) is 0. The van der Waals surface area contributed by atoms with Crippen molar-refractivity contribution >= 4 is 15.7 Å². The highest BCUT2D eigenvalue weighted by Gasteiger charge is 2.38. The lowest BCUT2D eigenvalue weighted by Crippen LogP contribution is -2.33. The van der Waals surface area contributed by atoms with Gasteiger partial charge in [0.15, 0.2) is 0 Å². The summed E-state index contributed by atoms with van der Waals surface area (Å²) in [5.41, 5.74) is -0.519. The summed E-state index contributed by atoms with van der Waals surface area (Å²) in [6.45, 7) is 0.778. The average Bonchev–Trinajstić information content (AvgIpc) is 2.80. The van der Waals surface area contributed by atoms with Crippen LogP contribution < -0.4 is 4.72 Å². The van der Waals surface area contributed by atoms with Gasteiger partial charge >= 0.3 is 12.4 Å². The Labute approximate surface area is 204 Å². The Hall–Kier alpha value is -3.05. The smallest absolute Gasteiger partial charge is 0.299 e. The monoisotopic (exact) mass is 528 g/mol. The van der Waals surface area contributed by atoms with E-state index in [-0.39, 0.29) is 29.9 Å². The number of hydrogen-bond donors (Lipinski definition) is 1. The second-order valence-electron chi connectivity index (χ2n) is 8.65. The summed E-state index contributed by atoms with van der Waals surface area (Å²) in [7, 11) is -2.84. The molecule has 0 saturated carbocycles. The number of anilines is 1. The number of nitrogens with one attached hydrogen (secondary N) is 1. The van der Waals surface area contributed by atoms with Gasteiger partial charge < -0.3 is 0 Å². The average molecular weight is 529 g/mol. The van der Waals surface area contributed by atoms with Crippen molar-refractivity contribution in [2.24, 2.45) is 0 Å². The van der Waals surface area contributed by atoms with Crippen molar-refractivity contribution in [3.05, 3.63) is 94.5 Å². The summed E-state index contributed by atoms with van der Waals surface area (Å²) in [6, 6.07) is 14.4. The summed E-state index contributed by atoms with van der Waals surface area (Å²) >= 11 is 0. The molecule has 36 heavy (non-hydrogen) atoms. The van der Waals surface area contributed by atoms with Crippen molar-refractivity contribution in [3.63, 3.8) is 0 Å². The van der Waals surface area contributed by atoms with E-state index in [2.05, 4.69) is 9.62 Å². The third-order valence-corrected chi connectivity index (χ3v) is 7.57. The zero-order valence-corrected chi connectivity index (χ0v) is 19.8. The highest BCUT2D eigenvalue weighted by Crippen LogP contribution is 2.38.